The summed E-state index contributed by atoms with van der Waals surface area (Å²) in [5, 5.41) is 2.61. The van der Waals surface area contributed by atoms with Gasteiger partial charge in [0.1, 0.15) is 0 Å². The molecule has 3 N–H and O–H groups in total. The average molecular weight is 455 g/mol. The molecule has 1 aliphatic carbocycles. The van der Waals surface area contributed by atoms with Crippen molar-refractivity contribution in [3.05, 3.63) is 94.6 Å². The number of aryl methyl sites for hydroxylation is 1. The van der Waals surface area contributed by atoms with Gasteiger partial charge in [0.15, 0.2) is 0 Å². The zero-order valence-electron chi connectivity index (χ0n) is 20.3. The molecule has 0 aliphatic heterocycles. The van der Waals surface area contributed by atoms with E-state index in [0.29, 0.717) is 5.92 Å². The largest absolute Gasteiger partial charge is 0.352 e. The van der Waals surface area contributed by atoms with Crippen LogP contribution in [0.4, 0.5) is 0 Å². The highest BCUT2D eigenvalue weighted by Crippen LogP contribution is 2.40. The van der Waals surface area contributed by atoms with Gasteiger partial charge in [-0.15, -0.1) is 0 Å². The summed E-state index contributed by atoms with van der Waals surface area (Å²) in [6.45, 7) is 4.21. The molecule has 1 unspecified atom stereocenters. The van der Waals surface area contributed by atoms with Crippen molar-refractivity contribution in [2.24, 2.45) is 5.73 Å². The number of carbonyl (C=O) groups excluding carboxylic acids is 1. The van der Waals surface area contributed by atoms with Crippen LogP contribution >= 0.6 is 0 Å². The molecule has 1 amide bonds. The lowest BCUT2D eigenvalue weighted by molar-refractivity contribution is 0.0952. The second kappa shape index (κ2) is 10.3. The Bertz CT molecular complexity index is 1160. The molecule has 1 fully saturated rings. The molecule has 1 atom stereocenters. The van der Waals surface area contributed by atoms with E-state index >= 15 is 0 Å². The molecule has 2 aromatic carbocycles. The third-order valence-corrected chi connectivity index (χ3v) is 7.06. The lowest BCUT2D eigenvalue weighted by Crippen LogP contribution is -2.43. The number of nitrogens with two attached hydrogens (primary N) is 1. The number of allylic oxidation sites excluding steroid dienone is 1. The Hall–Kier alpha value is -3.31. The molecule has 1 aliphatic rings. The third kappa shape index (κ3) is 5.10. The van der Waals surface area contributed by atoms with Gasteiger partial charge in [-0.25, -0.2) is 9.97 Å². The molecule has 34 heavy (non-hydrogen) atoms. The Morgan fingerprint density at radius 2 is 1.85 bits per heavy atom. The van der Waals surface area contributed by atoms with Gasteiger partial charge in [-0.2, -0.15) is 0 Å². The van der Waals surface area contributed by atoms with Gasteiger partial charge in [-0.3, -0.25) is 4.79 Å². The monoisotopic (exact) mass is 454 g/mol. The third-order valence-electron chi connectivity index (χ3n) is 7.06. The van der Waals surface area contributed by atoms with Gasteiger partial charge in [-0.05, 0) is 78.8 Å². The van der Waals surface area contributed by atoms with Crippen molar-refractivity contribution in [2.75, 3.05) is 7.05 Å². The maximum atomic E-state index is 12.1. The molecule has 5 nitrogen and oxygen atoms in total. The Kier molecular flexibility index (Phi) is 7.23. The first-order valence-electron chi connectivity index (χ1n) is 12.1. The fraction of sp³-hybridized carbons (Fsp3) is 0.345. The lowest BCUT2D eigenvalue weighted by atomic mass is 9.72. The fourth-order valence-corrected chi connectivity index (χ4v) is 4.60. The highest BCUT2D eigenvalue weighted by atomic mass is 16.2. The standard InChI is InChI=1S/C29H34N4O/c1-4-21(23-11-13-25(14-12-23)29(30)15-8-16-29)17-24(22-9-6-5-7-10-22)18-26-20(2)19-32-27(33-26)28(34)31-3/h5-7,9-14,18-19,21H,4,8,15-17,30H2,1-3H3,(H,31,34). The van der Waals surface area contributed by atoms with Crippen LogP contribution in [0.5, 0.6) is 0 Å². The van der Waals surface area contributed by atoms with Gasteiger partial charge in [0.05, 0.1) is 5.69 Å². The van der Waals surface area contributed by atoms with Gasteiger partial charge >= 0.3 is 0 Å². The minimum Gasteiger partial charge on any atom is -0.352 e. The Morgan fingerprint density at radius 3 is 2.44 bits per heavy atom. The van der Waals surface area contributed by atoms with Gasteiger partial charge in [0.25, 0.3) is 5.91 Å². The summed E-state index contributed by atoms with van der Waals surface area (Å²) in [6.07, 6.45) is 9.06. The number of benzene rings is 2. The van der Waals surface area contributed by atoms with Crippen molar-refractivity contribution >= 4 is 17.6 Å². The number of aromatic nitrogens is 2. The molecule has 0 spiro atoms. The van der Waals surface area contributed by atoms with Crippen molar-refractivity contribution in [3.63, 3.8) is 0 Å². The second-order valence-electron chi connectivity index (χ2n) is 9.32. The topological polar surface area (TPSA) is 80.9 Å². The quantitative estimate of drug-likeness (QED) is 0.464. The summed E-state index contributed by atoms with van der Waals surface area (Å²) in [5.41, 5.74) is 13.0. The first-order valence-corrected chi connectivity index (χ1v) is 12.1. The van der Waals surface area contributed by atoms with E-state index in [1.807, 2.05) is 13.0 Å². The van der Waals surface area contributed by atoms with Crippen LogP contribution in [0.3, 0.4) is 0 Å². The lowest BCUT2D eigenvalue weighted by Gasteiger charge is -2.38. The first-order chi connectivity index (χ1) is 16.4. The average Bonchev–Trinajstić information content (AvgIpc) is 2.86. The molecular weight excluding hydrogens is 420 g/mol. The van der Waals surface area contributed by atoms with E-state index in [1.165, 1.54) is 23.1 Å². The Labute approximate surface area is 202 Å². The molecule has 0 bridgehead atoms. The molecule has 0 radical (unpaired) electrons. The Morgan fingerprint density at radius 1 is 1.15 bits per heavy atom. The zero-order valence-corrected chi connectivity index (χ0v) is 20.3. The minimum atomic E-state index is -0.286. The summed E-state index contributed by atoms with van der Waals surface area (Å²) in [4.78, 5) is 20.8. The molecule has 5 heteroatoms. The summed E-state index contributed by atoms with van der Waals surface area (Å²) in [7, 11) is 1.59. The summed E-state index contributed by atoms with van der Waals surface area (Å²) in [6, 6.07) is 19.3. The Balaban J connectivity index is 1.67. The van der Waals surface area contributed by atoms with Crippen LogP contribution < -0.4 is 11.1 Å². The summed E-state index contributed by atoms with van der Waals surface area (Å²) < 4.78 is 0. The molecule has 1 aromatic heterocycles. The number of hydrogen-bond donors (Lipinski definition) is 2. The number of rotatable bonds is 8. The maximum absolute atomic E-state index is 12.1. The van der Waals surface area contributed by atoms with Crippen LogP contribution in [-0.4, -0.2) is 22.9 Å². The number of amides is 1. The van der Waals surface area contributed by atoms with Crippen LogP contribution in [0.2, 0.25) is 0 Å². The predicted octanol–water partition coefficient (Wildman–Crippen LogP) is 5.61. The van der Waals surface area contributed by atoms with E-state index in [1.54, 1.807) is 13.2 Å². The van der Waals surface area contributed by atoms with Crippen molar-refractivity contribution < 1.29 is 4.79 Å². The van der Waals surface area contributed by atoms with E-state index in [0.717, 1.165) is 42.5 Å². The highest BCUT2D eigenvalue weighted by Gasteiger charge is 2.34. The fourth-order valence-electron chi connectivity index (χ4n) is 4.60. The normalized spacial score (nSPS) is 15.9. The minimum absolute atomic E-state index is 0.137. The van der Waals surface area contributed by atoms with Crippen molar-refractivity contribution in [3.8, 4) is 0 Å². The maximum Gasteiger partial charge on any atom is 0.288 e. The highest BCUT2D eigenvalue weighted by molar-refractivity contribution is 5.91. The van der Waals surface area contributed by atoms with Crippen molar-refractivity contribution in [1.82, 2.24) is 15.3 Å². The van der Waals surface area contributed by atoms with Gasteiger partial charge in [0.2, 0.25) is 5.82 Å². The smallest absolute Gasteiger partial charge is 0.288 e. The molecular formula is C29H34N4O. The van der Waals surface area contributed by atoms with Gasteiger partial charge in [0, 0.05) is 18.8 Å². The predicted molar refractivity (Wildman–Crippen MR) is 138 cm³/mol. The van der Waals surface area contributed by atoms with Crippen LogP contribution in [0.15, 0.2) is 60.8 Å². The SMILES string of the molecule is CCC(CC(=Cc1nc(C(=O)NC)ncc1C)c1ccccc1)c1ccc(C2(N)CCC2)cc1. The second-order valence-corrected chi connectivity index (χ2v) is 9.32. The van der Waals surface area contributed by atoms with Crippen LogP contribution in [0.1, 0.15) is 83.5 Å². The van der Waals surface area contributed by atoms with Crippen molar-refractivity contribution in [2.45, 2.75) is 57.4 Å². The molecule has 1 heterocycles. The zero-order chi connectivity index (χ0) is 24.1. The molecule has 176 valence electrons. The summed E-state index contributed by atoms with van der Waals surface area (Å²) >= 11 is 0. The first kappa shape index (κ1) is 23.8. The van der Waals surface area contributed by atoms with Gasteiger partial charge < -0.3 is 11.1 Å². The van der Waals surface area contributed by atoms with Crippen LogP contribution in [0.25, 0.3) is 11.6 Å². The van der Waals surface area contributed by atoms with E-state index in [-0.39, 0.29) is 17.3 Å². The van der Waals surface area contributed by atoms with E-state index in [4.69, 9.17) is 5.73 Å². The number of nitrogens with zero attached hydrogens (tertiary/aromatic N) is 2. The van der Waals surface area contributed by atoms with Crippen LogP contribution in [-0.2, 0) is 5.54 Å². The molecule has 0 saturated heterocycles. The number of hydrogen-bond acceptors (Lipinski definition) is 4. The molecule has 1 saturated carbocycles. The number of carbonyl (C=O) groups is 1. The van der Waals surface area contributed by atoms with E-state index in [2.05, 4.69) is 76.8 Å². The summed E-state index contributed by atoms with van der Waals surface area (Å²) in [5.74, 6) is 0.254. The van der Waals surface area contributed by atoms with E-state index < -0.39 is 0 Å². The number of nitrogens with one attached hydrogen (secondary N) is 1. The van der Waals surface area contributed by atoms with E-state index in [9.17, 15) is 4.79 Å². The molecule has 3 aromatic rings. The van der Waals surface area contributed by atoms with Crippen molar-refractivity contribution in [1.29, 1.82) is 0 Å². The van der Waals surface area contributed by atoms with Crippen LogP contribution in [0, 0.1) is 6.92 Å². The van der Waals surface area contributed by atoms with Gasteiger partial charge in [-0.1, -0.05) is 61.5 Å². The molecule has 4 rings (SSSR count).